The Morgan fingerprint density at radius 1 is 1.05 bits per heavy atom. The summed E-state index contributed by atoms with van der Waals surface area (Å²) < 4.78 is 5.11. The van der Waals surface area contributed by atoms with E-state index < -0.39 is 6.10 Å². The van der Waals surface area contributed by atoms with Crippen LogP contribution in [0.3, 0.4) is 0 Å². The van der Waals surface area contributed by atoms with Crippen LogP contribution in [0, 0.1) is 0 Å². The molecule has 106 valence electrons. The van der Waals surface area contributed by atoms with Gasteiger partial charge in [0, 0.05) is 15.6 Å². The van der Waals surface area contributed by atoms with E-state index in [0.29, 0.717) is 22.0 Å². The molecule has 0 saturated carbocycles. The first-order chi connectivity index (χ1) is 9.61. The van der Waals surface area contributed by atoms with Crippen LogP contribution in [0.4, 0.5) is 0 Å². The standard InChI is InChI=1S/C16H16Cl2O2/c1-20-12-8-5-11(6-9-12)7-10-15(19)16-13(17)3-2-4-14(16)18/h2-6,8-9,15,19H,7,10H2,1H3. The number of ether oxygens (including phenoxy) is 1. The minimum absolute atomic E-state index is 0.500. The van der Waals surface area contributed by atoms with Gasteiger partial charge in [-0.1, -0.05) is 41.4 Å². The van der Waals surface area contributed by atoms with Crippen LogP contribution in [0.1, 0.15) is 23.7 Å². The van der Waals surface area contributed by atoms with Crippen molar-refractivity contribution in [1.82, 2.24) is 0 Å². The molecule has 2 aromatic carbocycles. The van der Waals surface area contributed by atoms with Crippen LogP contribution in [0.15, 0.2) is 42.5 Å². The van der Waals surface area contributed by atoms with E-state index in [4.69, 9.17) is 27.9 Å². The third kappa shape index (κ3) is 3.66. The van der Waals surface area contributed by atoms with Gasteiger partial charge in [-0.05, 0) is 42.7 Å². The lowest BCUT2D eigenvalue weighted by molar-refractivity contribution is 0.168. The predicted molar refractivity (Wildman–Crippen MR) is 82.7 cm³/mol. The zero-order valence-corrected chi connectivity index (χ0v) is 12.7. The maximum absolute atomic E-state index is 10.3. The van der Waals surface area contributed by atoms with Gasteiger partial charge in [0.25, 0.3) is 0 Å². The molecule has 4 heteroatoms. The van der Waals surface area contributed by atoms with Gasteiger partial charge in [0.05, 0.1) is 13.2 Å². The van der Waals surface area contributed by atoms with Gasteiger partial charge in [0.1, 0.15) is 5.75 Å². The monoisotopic (exact) mass is 310 g/mol. The van der Waals surface area contributed by atoms with Gasteiger partial charge < -0.3 is 9.84 Å². The highest BCUT2D eigenvalue weighted by Gasteiger charge is 2.15. The van der Waals surface area contributed by atoms with Gasteiger partial charge in [-0.15, -0.1) is 0 Å². The zero-order chi connectivity index (χ0) is 14.5. The Kier molecular flexibility index (Phi) is 5.30. The van der Waals surface area contributed by atoms with Crippen molar-refractivity contribution in [3.8, 4) is 5.75 Å². The Morgan fingerprint density at radius 2 is 1.65 bits per heavy atom. The SMILES string of the molecule is COc1ccc(CCC(O)c2c(Cl)cccc2Cl)cc1. The van der Waals surface area contributed by atoms with Crippen LogP contribution in [-0.2, 0) is 6.42 Å². The number of aliphatic hydroxyl groups is 1. The summed E-state index contributed by atoms with van der Waals surface area (Å²) in [6.45, 7) is 0. The van der Waals surface area contributed by atoms with Crippen LogP contribution in [0.25, 0.3) is 0 Å². The fraction of sp³-hybridized carbons (Fsp3) is 0.250. The normalized spacial score (nSPS) is 12.2. The molecule has 0 aromatic heterocycles. The molecule has 0 radical (unpaired) electrons. The van der Waals surface area contributed by atoms with Crippen molar-refractivity contribution in [2.24, 2.45) is 0 Å². The second-order valence-electron chi connectivity index (χ2n) is 4.54. The van der Waals surface area contributed by atoms with E-state index in [1.54, 1.807) is 25.3 Å². The van der Waals surface area contributed by atoms with Gasteiger partial charge in [-0.25, -0.2) is 0 Å². The molecule has 1 atom stereocenters. The van der Waals surface area contributed by atoms with Gasteiger partial charge in [-0.2, -0.15) is 0 Å². The summed E-state index contributed by atoms with van der Waals surface area (Å²) in [4.78, 5) is 0. The van der Waals surface area contributed by atoms with Crippen LogP contribution in [0.5, 0.6) is 5.75 Å². The lowest BCUT2D eigenvalue weighted by Crippen LogP contribution is -2.01. The van der Waals surface area contributed by atoms with E-state index >= 15 is 0 Å². The molecule has 2 nitrogen and oxygen atoms in total. The van der Waals surface area contributed by atoms with Gasteiger partial charge in [0.15, 0.2) is 0 Å². The average Bonchev–Trinajstić information content (AvgIpc) is 2.45. The second-order valence-corrected chi connectivity index (χ2v) is 5.35. The number of hydrogen-bond acceptors (Lipinski definition) is 2. The minimum Gasteiger partial charge on any atom is -0.497 e. The Hall–Kier alpha value is -1.22. The van der Waals surface area contributed by atoms with Crippen LogP contribution in [0.2, 0.25) is 10.0 Å². The number of aryl methyl sites for hydroxylation is 1. The summed E-state index contributed by atoms with van der Waals surface area (Å²) in [5.41, 5.74) is 1.73. The van der Waals surface area contributed by atoms with Crippen LogP contribution < -0.4 is 4.74 Å². The number of rotatable bonds is 5. The summed E-state index contributed by atoms with van der Waals surface area (Å²) in [7, 11) is 1.64. The smallest absolute Gasteiger partial charge is 0.118 e. The number of halogens is 2. The van der Waals surface area contributed by atoms with Crippen molar-refractivity contribution in [3.05, 3.63) is 63.6 Å². The quantitative estimate of drug-likeness (QED) is 0.869. The summed E-state index contributed by atoms with van der Waals surface area (Å²) in [5.74, 6) is 0.823. The number of hydrogen-bond donors (Lipinski definition) is 1. The minimum atomic E-state index is -0.668. The van der Waals surface area contributed by atoms with Crippen molar-refractivity contribution >= 4 is 23.2 Å². The Bertz CT molecular complexity index is 547. The highest BCUT2D eigenvalue weighted by Crippen LogP contribution is 2.32. The van der Waals surface area contributed by atoms with Gasteiger partial charge >= 0.3 is 0 Å². The molecule has 1 unspecified atom stereocenters. The second kappa shape index (κ2) is 6.98. The molecule has 2 rings (SSSR count). The fourth-order valence-corrected chi connectivity index (χ4v) is 2.72. The summed E-state index contributed by atoms with van der Waals surface area (Å²) in [6.07, 6.45) is 0.640. The Labute approximate surface area is 128 Å². The number of benzene rings is 2. The van der Waals surface area contributed by atoms with E-state index in [1.807, 2.05) is 24.3 Å². The molecular formula is C16H16Cl2O2. The third-order valence-corrected chi connectivity index (χ3v) is 3.86. The van der Waals surface area contributed by atoms with E-state index in [1.165, 1.54) is 0 Å². The first-order valence-corrected chi connectivity index (χ1v) is 7.12. The molecule has 0 spiro atoms. The van der Waals surface area contributed by atoms with E-state index in [-0.39, 0.29) is 0 Å². The summed E-state index contributed by atoms with van der Waals surface area (Å²) in [6, 6.07) is 13.0. The molecule has 1 N–H and O–H groups in total. The van der Waals surface area contributed by atoms with Crippen LogP contribution >= 0.6 is 23.2 Å². The van der Waals surface area contributed by atoms with Crippen molar-refractivity contribution < 1.29 is 9.84 Å². The first kappa shape index (κ1) is 15.2. The molecule has 0 aliphatic heterocycles. The number of methoxy groups -OCH3 is 1. The van der Waals surface area contributed by atoms with Crippen molar-refractivity contribution in [2.75, 3.05) is 7.11 Å². The van der Waals surface area contributed by atoms with E-state index in [0.717, 1.165) is 17.7 Å². The predicted octanol–water partition coefficient (Wildman–Crippen LogP) is 4.67. The molecule has 0 amide bonds. The molecule has 2 aromatic rings. The molecule has 0 aliphatic rings. The van der Waals surface area contributed by atoms with Crippen molar-refractivity contribution in [2.45, 2.75) is 18.9 Å². The highest BCUT2D eigenvalue weighted by molar-refractivity contribution is 6.36. The molecule has 20 heavy (non-hydrogen) atoms. The van der Waals surface area contributed by atoms with E-state index in [9.17, 15) is 5.11 Å². The summed E-state index contributed by atoms with van der Waals surface area (Å²) in [5, 5.41) is 11.3. The molecule has 0 bridgehead atoms. The first-order valence-electron chi connectivity index (χ1n) is 6.36. The lowest BCUT2D eigenvalue weighted by Gasteiger charge is -2.14. The Balaban J connectivity index is 2.02. The largest absolute Gasteiger partial charge is 0.497 e. The molecular weight excluding hydrogens is 295 g/mol. The lowest BCUT2D eigenvalue weighted by atomic mass is 10.0. The zero-order valence-electron chi connectivity index (χ0n) is 11.1. The van der Waals surface area contributed by atoms with E-state index in [2.05, 4.69) is 0 Å². The molecule has 0 heterocycles. The van der Waals surface area contributed by atoms with Gasteiger partial charge in [-0.3, -0.25) is 0 Å². The fourth-order valence-electron chi connectivity index (χ4n) is 2.07. The third-order valence-electron chi connectivity index (χ3n) is 3.20. The average molecular weight is 311 g/mol. The molecule has 0 fully saturated rings. The molecule has 0 saturated heterocycles. The maximum atomic E-state index is 10.3. The maximum Gasteiger partial charge on any atom is 0.118 e. The van der Waals surface area contributed by atoms with Crippen LogP contribution in [-0.4, -0.2) is 12.2 Å². The van der Waals surface area contributed by atoms with Crippen molar-refractivity contribution in [1.29, 1.82) is 0 Å². The summed E-state index contributed by atoms with van der Waals surface area (Å²) >= 11 is 12.2. The van der Waals surface area contributed by atoms with Crippen molar-refractivity contribution in [3.63, 3.8) is 0 Å². The topological polar surface area (TPSA) is 29.5 Å². The Morgan fingerprint density at radius 3 is 2.20 bits per heavy atom. The van der Waals surface area contributed by atoms with Gasteiger partial charge in [0.2, 0.25) is 0 Å². The molecule has 0 aliphatic carbocycles. The number of aliphatic hydroxyl groups excluding tert-OH is 1. The highest BCUT2D eigenvalue weighted by atomic mass is 35.5.